The van der Waals surface area contributed by atoms with E-state index in [0.717, 1.165) is 15.6 Å². The van der Waals surface area contributed by atoms with Crippen molar-refractivity contribution >= 4 is 15.9 Å². The van der Waals surface area contributed by atoms with E-state index in [2.05, 4.69) is 45.4 Å². The monoisotopic (exact) mass is 291 g/mol. The maximum absolute atomic E-state index is 5.66. The molecule has 3 N–H and O–H groups in total. The van der Waals surface area contributed by atoms with Gasteiger partial charge < -0.3 is 0 Å². The van der Waals surface area contributed by atoms with Crippen LogP contribution >= 0.6 is 15.9 Å². The smallest absolute Gasteiger partial charge is 0.0727 e. The Kier molecular flexibility index (Phi) is 3.89. The van der Waals surface area contributed by atoms with Crippen molar-refractivity contribution in [2.45, 2.75) is 13.0 Å². The summed E-state index contributed by atoms with van der Waals surface area (Å²) in [6, 6.07) is 10.2. The van der Waals surface area contributed by atoms with Crippen molar-refractivity contribution in [3.05, 3.63) is 63.9 Å². The van der Waals surface area contributed by atoms with Crippen LogP contribution in [0.3, 0.4) is 0 Å². The minimum Gasteiger partial charge on any atom is -0.271 e. The maximum atomic E-state index is 5.66. The molecule has 0 aliphatic heterocycles. The van der Waals surface area contributed by atoms with Crippen molar-refractivity contribution < 1.29 is 0 Å². The van der Waals surface area contributed by atoms with Gasteiger partial charge in [-0.1, -0.05) is 24.3 Å². The highest BCUT2D eigenvalue weighted by Crippen LogP contribution is 2.25. The lowest BCUT2D eigenvalue weighted by atomic mass is 9.97. The molecule has 1 atom stereocenters. The van der Waals surface area contributed by atoms with Crippen molar-refractivity contribution in [2.24, 2.45) is 5.84 Å². The molecule has 3 nitrogen and oxygen atoms in total. The van der Waals surface area contributed by atoms with Crippen LogP contribution in [0.1, 0.15) is 22.7 Å². The topological polar surface area (TPSA) is 50.9 Å². The van der Waals surface area contributed by atoms with Crippen LogP contribution in [0.4, 0.5) is 0 Å². The van der Waals surface area contributed by atoms with E-state index in [1.54, 1.807) is 6.20 Å². The SMILES string of the molecule is Cc1ccccc1C(NN)c1cncc(Br)c1. The van der Waals surface area contributed by atoms with Crippen LogP contribution in [-0.4, -0.2) is 4.98 Å². The van der Waals surface area contributed by atoms with Crippen LogP contribution in [0, 0.1) is 6.92 Å². The molecule has 2 rings (SSSR count). The van der Waals surface area contributed by atoms with Crippen LogP contribution in [0.15, 0.2) is 47.2 Å². The Labute approximate surface area is 109 Å². The van der Waals surface area contributed by atoms with Crippen LogP contribution in [0.25, 0.3) is 0 Å². The fourth-order valence-electron chi connectivity index (χ4n) is 1.86. The molecule has 1 heterocycles. The largest absolute Gasteiger partial charge is 0.271 e. The summed E-state index contributed by atoms with van der Waals surface area (Å²) < 4.78 is 0.948. The van der Waals surface area contributed by atoms with E-state index in [9.17, 15) is 0 Å². The van der Waals surface area contributed by atoms with E-state index in [1.165, 1.54) is 5.56 Å². The molecular formula is C13H14BrN3. The molecule has 0 aliphatic rings. The lowest BCUT2D eigenvalue weighted by Crippen LogP contribution is -2.29. The Morgan fingerprint density at radius 1 is 1.29 bits per heavy atom. The maximum Gasteiger partial charge on any atom is 0.0727 e. The fourth-order valence-corrected chi connectivity index (χ4v) is 2.24. The van der Waals surface area contributed by atoms with Gasteiger partial charge in [0.1, 0.15) is 0 Å². The second kappa shape index (κ2) is 5.40. The van der Waals surface area contributed by atoms with Gasteiger partial charge >= 0.3 is 0 Å². The predicted molar refractivity (Wildman–Crippen MR) is 72.3 cm³/mol. The number of rotatable bonds is 3. The van der Waals surface area contributed by atoms with E-state index >= 15 is 0 Å². The van der Waals surface area contributed by atoms with E-state index < -0.39 is 0 Å². The number of pyridine rings is 1. The molecule has 0 fully saturated rings. The summed E-state index contributed by atoms with van der Waals surface area (Å²) in [7, 11) is 0. The first-order valence-electron chi connectivity index (χ1n) is 5.34. The average Bonchev–Trinajstić information content (AvgIpc) is 2.33. The van der Waals surface area contributed by atoms with Crippen molar-refractivity contribution in [3.63, 3.8) is 0 Å². The van der Waals surface area contributed by atoms with Crippen LogP contribution in [0.5, 0.6) is 0 Å². The molecule has 1 unspecified atom stereocenters. The number of nitrogens with zero attached hydrogens (tertiary/aromatic N) is 1. The minimum atomic E-state index is -0.0406. The number of aryl methyl sites for hydroxylation is 1. The van der Waals surface area contributed by atoms with Gasteiger partial charge in [-0.2, -0.15) is 0 Å². The Balaban J connectivity index is 2.44. The summed E-state index contributed by atoms with van der Waals surface area (Å²) in [6.45, 7) is 2.07. The standard InChI is InChI=1S/C13H14BrN3/c1-9-4-2-3-5-12(9)13(17-15)10-6-11(14)8-16-7-10/h2-8,13,17H,15H2,1H3. The number of benzene rings is 1. The lowest BCUT2D eigenvalue weighted by Gasteiger charge is -2.18. The molecule has 0 saturated heterocycles. The highest BCUT2D eigenvalue weighted by atomic mass is 79.9. The molecule has 4 heteroatoms. The zero-order valence-corrected chi connectivity index (χ0v) is 11.1. The first kappa shape index (κ1) is 12.2. The predicted octanol–water partition coefficient (Wildman–Crippen LogP) is 2.71. The number of hydrogen-bond acceptors (Lipinski definition) is 3. The number of nitrogens with one attached hydrogen (secondary N) is 1. The summed E-state index contributed by atoms with van der Waals surface area (Å²) in [5.41, 5.74) is 6.25. The molecule has 1 aromatic heterocycles. The molecule has 1 aromatic carbocycles. The van der Waals surface area contributed by atoms with Gasteiger partial charge in [0, 0.05) is 16.9 Å². The molecule has 0 radical (unpaired) electrons. The Morgan fingerprint density at radius 3 is 2.71 bits per heavy atom. The van der Waals surface area contributed by atoms with Gasteiger partial charge in [0.2, 0.25) is 0 Å². The highest BCUT2D eigenvalue weighted by molar-refractivity contribution is 9.10. The molecule has 88 valence electrons. The van der Waals surface area contributed by atoms with Crippen molar-refractivity contribution in [2.75, 3.05) is 0 Å². The molecule has 0 bridgehead atoms. The summed E-state index contributed by atoms with van der Waals surface area (Å²) in [5.74, 6) is 5.66. The Bertz CT molecular complexity index is 514. The van der Waals surface area contributed by atoms with Crippen LogP contribution < -0.4 is 11.3 Å². The van der Waals surface area contributed by atoms with E-state index in [1.807, 2.05) is 24.4 Å². The molecule has 0 aliphatic carbocycles. The average molecular weight is 292 g/mol. The zero-order valence-electron chi connectivity index (χ0n) is 9.52. The third-order valence-corrected chi connectivity index (χ3v) is 3.16. The van der Waals surface area contributed by atoms with Crippen molar-refractivity contribution in [3.8, 4) is 0 Å². The first-order valence-corrected chi connectivity index (χ1v) is 6.14. The summed E-state index contributed by atoms with van der Waals surface area (Å²) in [5, 5.41) is 0. The number of hydrazine groups is 1. The van der Waals surface area contributed by atoms with E-state index in [0.29, 0.717) is 0 Å². The van der Waals surface area contributed by atoms with E-state index in [4.69, 9.17) is 5.84 Å². The van der Waals surface area contributed by atoms with Gasteiger partial charge in [-0.3, -0.25) is 10.8 Å². The second-order valence-electron chi connectivity index (χ2n) is 3.89. The third-order valence-electron chi connectivity index (χ3n) is 2.73. The highest BCUT2D eigenvalue weighted by Gasteiger charge is 2.14. The minimum absolute atomic E-state index is 0.0406. The summed E-state index contributed by atoms with van der Waals surface area (Å²) in [6.07, 6.45) is 3.58. The normalized spacial score (nSPS) is 12.4. The lowest BCUT2D eigenvalue weighted by molar-refractivity contribution is 0.631. The number of halogens is 1. The van der Waals surface area contributed by atoms with Gasteiger partial charge in [-0.05, 0) is 45.6 Å². The summed E-state index contributed by atoms with van der Waals surface area (Å²) >= 11 is 3.42. The van der Waals surface area contributed by atoms with Gasteiger partial charge in [0.05, 0.1) is 6.04 Å². The van der Waals surface area contributed by atoms with E-state index in [-0.39, 0.29) is 6.04 Å². The van der Waals surface area contributed by atoms with Crippen molar-refractivity contribution in [1.29, 1.82) is 0 Å². The summed E-state index contributed by atoms with van der Waals surface area (Å²) in [4.78, 5) is 4.17. The number of hydrogen-bond donors (Lipinski definition) is 2. The number of nitrogens with two attached hydrogens (primary N) is 1. The second-order valence-corrected chi connectivity index (χ2v) is 4.81. The van der Waals surface area contributed by atoms with Gasteiger partial charge in [-0.25, -0.2) is 5.43 Å². The van der Waals surface area contributed by atoms with Crippen LogP contribution in [-0.2, 0) is 0 Å². The fraction of sp³-hybridized carbons (Fsp3) is 0.154. The molecule has 0 spiro atoms. The molecule has 0 saturated carbocycles. The quantitative estimate of drug-likeness (QED) is 0.675. The first-order chi connectivity index (χ1) is 8.22. The molecule has 17 heavy (non-hydrogen) atoms. The van der Waals surface area contributed by atoms with Gasteiger partial charge in [0.15, 0.2) is 0 Å². The zero-order chi connectivity index (χ0) is 12.3. The molecule has 2 aromatic rings. The Morgan fingerprint density at radius 2 is 2.06 bits per heavy atom. The van der Waals surface area contributed by atoms with Crippen molar-refractivity contribution in [1.82, 2.24) is 10.4 Å². The van der Waals surface area contributed by atoms with Crippen LogP contribution in [0.2, 0.25) is 0 Å². The van der Waals surface area contributed by atoms with Gasteiger partial charge in [-0.15, -0.1) is 0 Å². The number of aromatic nitrogens is 1. The molecular weight excluding hydrogens is 278 g/mol. The molecule has 0 amide bonds. The van der Waals surface area contributed by atoms with Gasteiger partial charge in [0.25, 0.3) is 0 Å². The Hall–Kier alpha value is -1.23. The third kappa shape index (κ3) is 2.72.